The third-order valence-electron chi connectivity index (χ3n) is 7.39. The summed E-state index contributed by atoms with van der Waals surface area (Å²) in [5.41, 5.74) is 3.92. The molecular weight excluding hydrogens is 496 g/mol. The topological polar surface area (TPSA) is 80.7 Å². The van der Waals surface area contributed by atoms with Crippen LogP contribution in [0.4, 0.5) is 19.3 Å². The molecule has 0 aliphatic carbocycles. The number of nitrogens with zero attached hydrogens (tertiary/aromatic N) is 2. The Morgan fingerprint density at radius 2 is 2.03 bits per heavy atom. The van der Waals surface area contributed by atoms with E-state index >= 15 is 0 Å². The maximum atomic E-state index is 14.2. The van der Waals surface area contributed by atoms with Crippen molar-refractivity contribution in [2.24, 2.45) is 0 Å². The molecule has 0 bridgehead atoms. The highest BCUT2D eigenvalue weighted by molar-refractivity contribution is 7.13. The van der Waals surface area contributed by atoms with E-state index in [0.717, 1.165) is 47.4 Å². The number of fused-ring (bicyclic) bond motifs is 1. The zero-order valence-electron chi connectivity index (χ0n) is 21.0. The number of nitrogens with one attached hydrogen (secondary N) is 3. The summed E-state index contributed by atoms with van der Waals surface area (Å²) in [6, 6.07) is 7.27. The second-order valence-electron chi connectivity index (χ2n) is 9.66. The molecule has 1 aromatic heterocycles. The van der Waals surface area contributed by atoms with Crippen molar-refractivity contribution < 1.29 is 18.3 Å². The Labute approximate surface area is 220 Å². The first-order valence-corrected chi connectivity index (χ1v) is 13.7. The molecule has 0 atom stereocenters. The molecule has 198 valence electrons. The predicted molar refractivity (Wildman–Crippen MR) is 143 cm³/mol. The van der Waals surface area contributed by atoms with Crippen molar-refractivity contribution >= 4 is 28.9 Å². The van der Waals surface area contributed by atoms with Gasteiger partial charge < -0.3 is 25.2 Å². The first-order valence-electron chi connectivity index (χ1n) is 12.8. The van der Waals surface area contributed by atoms with Crippen LogP contribution in [-0.4, -0.2) is 62.7 Å². The van der Waals surface area contributed by atoms with Crippen LogP contribution < -0.4 is 15.5 Å². The van der Waals surface area contributed by atoms with E-state index in [4.69, 9.17) is 4.74 Å². The van der Waals surface area contributed by atoms with Crippen molar-refractivity contribution in [3.8, 4) is 10.4 Å². The lowest BCUT2D eigenvalue weighted by molar-refractivity contribution is 0.0798. The Kier molecular flexibility index (Phi) is 7.76. The van der Waals surface area contributed by atoms with Crippen LogP contribution in [0.1, 0.15) is 43.2 Å². The van der Waals surface area contributed by atoms with Crippen LogP contribution in [0.15, 0.2) is 40.9 Å². The number of anilines is 1. The Morgan fingerprint density at radius 3 is 2.73 bits per heavy atom. The van der Waals surface area contributed by atoms with E-state index < -0.39 is 6.43 Å². The molecule has 3 aliphatic heterocycles. The number of carbonyl (C=O) groups excluding carboxylic acids is 1. The normalized spacial score (nSPS) is 18.7. The molecule has 37 heavy (non-hydrogen) atoms. The highest BCUT2D eigenvalue weighted by Gasteiger charge is 2.32. The Hall–Kier alpha value is -2.98. The van der Waals surface area contributed by atoms with Crippen molar-refractivity contribution in [1.82, 2.24) is 15.5 Å². The van der Waals surface area contributed by atoms with Crippen LogP contribution in [0.2, 0.25) is 0 Å². The number of aryl methyl sites for hydroxylation is 1. The minimum absolute atomic E-state index is 0.00827. The molecule has 3 aliphatic rings. The third-order valence-corrected chi connectivity index (χ3v) is 8.30. The van der Waals surface area contributed by atoms with Gasteiger partial charge in [-0.1, -0.05) is 6.07 Å². The van der Waals surface area contributed by atoms with Crippen molar-refractivity contribution in [3.63, 3.8) is 0 Å². The van der Waals surface area contributed by atoms with Gasteiger partial charge in [0.05, 0.1) is 6.54 Å². The van der Waals surface area contributed by atoms with Gasteiger partial charge in [0.2, 0.25) is 0 Å². The van der Waals surface area contributed by atoms with Gasteiger partial charge in [-0.15, -0.1) is 11.3 Å². The minimum atomic E-state index is -2.62. The molecule has 2 aromatic rings. The Bertz CT molecular complexity index is 1180. The SMILES string of the molecule is CNC(=O)N1CCC(NC2CCOCC2)=C(C(=N)N2CCCc3cc(-c4cccs4)c(C(F)F)cc32)C1. The van der Waals surface area contributed by atoms with Crippen molar-refractivity contribution in [2.75, 3.05) is 44.8 Å². The number of urea groups is 1. The van der Waals surface area contributed by atoms with Gasteiger partial charge >= 0.3 is 6.03 Å². The number of hydrogen-bond acceptors (Lipinski definition) is 5. The largest absolute Gasteiger partial charge is 0.385 e. The fourth-order valence-corrected chi connectivity index (χ4v) is 6.19. The average Bonchev–Trinajstić information content (AvgIpc) is 3.47. The number of halogens is 2. The number of rotatable bonds is 5. The number of carbonyl (C=O) groups is 1. The maximum absolute atomic E-state index is 14.2. The second kappa shape index (κ2) is 11.2. The molecule has 0 unspecified atom stereocenters. The Balaban J connectivity index is 1.51. The zero-order valence-corrected chi connectivity index (χ0v) is 21.8. The van der Waals surface area contributed by atoms with Crippen LogP contribution in [0.5, 0.6) is 0 Å². The van der Waals surface area contributed by atoms with E-state index in [1.165, 1.54) is 11.3 Å². The summed E-state index contributed by atoms with van der Waals surface area (Å²) >= 11 is 1.45. The van der Waals surface area contributed by atoms with Crippen LogP contribution in [0, 0.1) is 5.41 Å². The van der Waals surface area contributed by atoms with E-state index in [1.807, 2.05) is 28.5 Å². The number of ether oxygens (including phenoxy) is 1. The van der Waals surface area contributed by atoms with Crippen LogP contribution in [-0.2, 0) is 11.2 Å². The lowest BCUT2D eigenvalue weighted by atomic mass is 9.93. The zero-order chi connectivity index (χ0) is 25.9. The third kappa shape index (κ3) is 5.36. The number of benzene rings is 1. The maximum Gasteiger partial charge on any atom is 0.317 e. The summed E-state index contributed by atoms with van der Waals surface area (Å²) in [4.78, 5) is 16.8. The summed E-state index contributed by atoms with van der Waals surface area (Å²) in [7, 11) is 1.60. The summed E-state index contributed by atoms with van der Waals surface area (Å²) < 4.78 is 34.0. The molecule has 0 radical (unpaired) electrons. The van der Waals surface area contributed by atoms with Gasteiger partial charge in [-0.25, -0.2) is 13.6 Å². The van der Waals surface area contributed by atoms with Crippen LogP contribution >= 0.6 is 11.3 Å². The van der Waals surface area contributed by atoms with E-state index in [0.29, 0.717) is 50.5 Å². The van der Waals surface area contributed by atoms with Gasteiger partial charge in [0.15, 0.2) is 0 Å². The molecule has 5 rings (SSSR count). The van der Waals surface area contributed by atoms with E-state index in [-0.39, 0.29) is 23.5 Å². The summed E-state index contributed by atoms with van der Waals surface area (Å²) in [5, 5.41) is 17.5. The fraction of sp³-hybridized carbons (Fsp3) is 0.481. The molecule has 7 nitrogen and oxygen atoms in total. The van der Waals surface area contributed by atoms with Gasteiger partial charge in [-0.2, -0.15) is 0 Å². The van der Waals surface area contributed by atoms with Crippen molar-refractivity contribution in [2.45, 2.75) is 44.6 Å². The minimum Gasteiger partial charge on any atom is -0.385 e. The smallest absolute Gasteiger partial charge is 0.317 e. The summed E-state index contributed by atoms with van der Waals surface area (Å²) in [5.74, 6) is 0.271. The average molecular weight is 530 g/mol. The highest BCUT2D eigenvalue weighted by Crippen LogP contribution is 2.41. The van der Waals surface area contributed by atoms with E-state index in [2.05, 4.69) is 10.6 Å². The molecule has 0 saturated carbocycles. The monoisotopic (exact) mass is 529 g/mol. The molecule has 4 heterocycles. The van der Waals surface area contributed by atoms with Crippen LogP contribution in [0.3, 0.4) is 0 Å². The number of amidine groups is 1. The van der Waals surface area contributed by atoms with Gasteiger partial charge in [0.25, 0.3) is 6.43 Å². The lowest BCUT2D eigenvalue weighted by Gasteiger charge is -2.38. The van der Waals surface area contributed by atoms with E-state index in [1.54, 1.807) is 18.0 Å². The standard InChI is InChI=1S/C27H33F2N5O2S/c1-31-27(35)33-10-6-22(32-18-7-11-36-12-8-18)21(16-33)26(30)34-9-2-4-17-14-19(24-5-3-13-37-24)20(25(28)29)15-23(17)34/h3,5,13-15,18,25,30,32H,2,4,6-12,16H2,1H3,(H,31,35). The molecule has 1 saturated heterocycles. The predicted octanol–water partition coefficient (Wildman–Crippen LogP) is 5.15. The molecular formula is C27H33F2N5O2S. The van der Waals surface area contributed by atoms with Crippen molar-refractivity contribution in [1.29, 1.82) is 5.41 Å². The second-order valence-corrected chi connectivity index (χ2v) is 10.6. The molecule has 10 heteroatoms. The first kappa shape index (κ1) is 25.7. The Morgan fingerprint density at radius 1 is 1.22 bits per heavy atom. The molecule has 0 spiro atoms. The molecule has 3 N–H and O–H groups in total. The number of hydrogen-bond donors (Lipinski definition) is 3. The van der Waals surface area contributed by atoms with Crippen molar-refractivity contribution in [3.05, 3.63) is 52.0 Å². The number of thiophene rings is 1. The molecule has 1 aromatic carbocycles. The number of amides is 2. The molecule has 1 fully saturated rings. The highest BCUT2D eigenvalue weighted by atomic mass is 32.1. The van der Waals surface area contributed by atoms with Gasteiger partial charge in [-0.3, -0.25) is 5.41 Å². The van der Waals surface area contributed by atoms with Gasteiger partial charge in [0.1, 0.15) is 5.84 Å². The molecule has 2 amide bonds. The van der Waals surface area contributed by atoms with Gasteiger partial charge in [0, 0.05) is 78.8 Å². The van der Waals surface area contributed by atoms with Gasteiger partial charge in [-0.05, 0) is 54.8 Å². The summed E-state index contributed by atoms with van der Waals surface area (Å²) in [6.07, 6.45) is 1.37. The lowest BCUT2D eigenvalue weighted by Crippen LogP contribution is -2.48. The van der Waals surface area contributed by atoms with E-state index in [9.17, 15) is 19.0 Å². The quantitative estimate of drug-likeness (QED) is 0.370. The van der Waals surface area contributed by atoms with Crippen LogP contribution in [0.25, 0.3) is 10.4 Å². The fourth-order valence-electron chi connectivity index (χ4n) is 5.43. The first-order chi connectivity index (χ1) is 18.0. The summed E-state index contributed by atoms with van der Waals surface area (Å²) in [6.45, 7) is 2.82. The number of alkyl halides is 2.